The van der Waals surface area contributed by atoms with Crippen molar-refractivity contribution in [3.05, 3.63) is 51.6 Å². The lowest BCUT2D eigenvalue weighted by Crippen LogP contribution is -2.24. The van der Waals surface area contributed by atoms with E-state index in [9.17, 15) is 14.9 Å². The van der Waals surface area contributed by atoms with Crippen LogP contribution in [0.15, 0.2) is 35.4 Å². The van der Waals surface area contributed by atoms with E-state index >= 15 is 0 Å². The number of nitrogens with zero attached hydrogens (tertiary/aromatic N) is 3. The summed E-state index contributed by atoms with van der Waals surface area (Å²) in [5.41, 5.74) is 0.992. The fourth-order valence-electron chi connectivity index (χ4n) is 3.21. The molecular weight excluding hydrogens is 382 g/mol. The lowest BCUT2D eigenvalue weighted by atomic mass is 10.1. The topological polar surface area (TPSA) is 113 Å². The minimum Gasteiger partial charge on any atom is -0.493 e. The number of amides is 1. The summed E-state index contributed by atoms with van der Waals surface area (Å²) in [6.07, 6.45) is 0.500. The molecule has 1 amide bonds. The van der Waals surface area contributed by atoms with Gasteiger partial charge in [0.2, 0.25) is 6.79 Å². The van der Waals surface area contributed by atoms with Crippen molar-refractivity contribution in [2.24, 2.45) is 5.10 Å². The quantitative estimate of drug-likeness (QED) is 0.561. The molecule has 0 N–H and O–H groups in total. The first kappa shape index (κ1) is 18.5. The zero-order valence-electron chi connectivity index (χ0n) is 15.7. The molecule has 0 saturated heterocycles. The second-order valence-corrected chi connectivity index (χ2v) is 6.27. The van der Waals surface area contributed by atoms with E-state index in [0.717, 1.165) is 5.56 Å². The number of ether oxygens (including phenoxy) is 4. The van der Waals surface area contributed by atoms with Crippen molar-refractivity contribution in [3.8, 4) is 23.0 Å². The van der Waals surface area contributed by atoms with Gasteiger partial charge < -0.3 is 18.9 Å². The van der Waals surface area contributed by atoms with Crippen molar-refractivity contribution >= 4 is 17.3 Å². The van der Waals surface area contributed by atoms with Gasteiger partial charge in [0.25, 0.3) is 11.6 Å². The number of carbonyl (C=O) groups excluding carboxylic acids is 1. The zero-order valence-corrected chi connectivity index (χ0v) is 15.7. The van der Waals surface area contributed by atoms with E-state index in [1.165, 1.54) is 24.3 Å². The number of hydrazone groups is 1. The van der Waals surface area contributed by atoms with E-state index in [0.29, 0.717) is 35.9 Å². The SMILES string of the molecule is COc1ccc(C2=NN(C(=O)c3cc4c(cc3[N+](=O)[O-])OCO4)CC2)cc1OC. The number of hydrogen-bond acceptors (Lipinski definition) is 8. The Labute approximate surface area is 165 Å². The highest BCUT2D eigenvalue weighted by Gasteiger charge is 2.32. The largest absolute Gasteiger partial charge is 0.493 e. The first-order chi connectivity index (χ1) is 14.0. The number of methoxy groups -OCH3 is 2. The van der Waals surface area contributed by atoms with Gasteiger partial charge in [0.05, 0.1) is 37.5 Å². The molecule has 150 valence electrons. The third-order valence-corrected chi connectivity index (χ3v) is 4.67. The van der Waals surface area contributed by atoms with Crippen LogP contribution in [0.25, 0.3) is 0 Å². The van der Waals surface area contributed by atoms with Crippen LogP contribution in [-0.2, 0) is 0 Å². The first-order valence-corrected chi connectivity index (χ1v) is 8.71. The Morgan fingerprint density at radius 3 is 2.55 bits per heavy atom. The van der Waals surface area contributed by atoms with Gasteiger partial charge in [-0.1, -0.05) is 0 Å². The van der Waals surface area contributed by atoms with Crippen molar-refractivity contribution in [1.29, 1.82) is 0 Å². The zero-order chi connectivity index (χ0) is 20.5. The standard InChI is InChI=1S/C19H17N3O7/c1-26-15-4-3-11(7-16(15)27-2)13-5-6-21(20-13)19(23)12-8-17-18(29-10-28-17)9-14(12)22(24)25/h3-4,7-9H,5-6,10H2,1-2H3. The molecule has 0 saturated carbocycles. The minimum atomic E-state index is -0.621. The number of benzene rings is 2. The molecule has 2 aromatic carbocycles. The van der Waals surface area contributed by atoms with E-state index in [4.69, 9.17) is 18.9 Å². The number of fused-ring (bicyclic) bond motifs is 1. The Morgan fingerprint density at radius 2 is 1.86 bits per heavy atom. The Balaban J connectivity index is 1.65. The van der Waals surface area contributed by atoms with Crippen LogP contribution in [0, 0.1) is 10.1 Å². The number of nitro groups is 1. The van der Waals surface area contributed by atoms with E-state index in [1.54, 1.807) is 19.2 Å². The third kappa shape index (κ3) is 3.28. The second-order valence-electron chi connectivity index (χ2n) is 6.27. The molecule has 2 aromatic rings. The first-order valence-electron chi connectivity index (χ1n) is 8.71. The fourth-order valence-corrected chi connectivity index (χ4v) is 3.21. The molecule has 0 aliphatic carbocycles. The van der Waals surface area contributed by atoms with Crippen LogP contribution in [0.3, 0.4) is 0 Å². The predicted octanol–water partition coefficient (Wildman–Crippen LogP) is 2.59. The highest BCUT2D eigenvalue weighted by Crippen LogP contribution is 2.38. The van der Waals surface area contributed by atoms with Crippen LogP contribution < -0.4 is 18.9 Å². The smallest absolute Gasteiger partial charge is 0.286 e. The summed E-state index contributed by atoms with van der Waals surface area (Å²) in [4.78, 5) is 23.8. The van der Waals surface area contributed by atoms with E-state index < -0.39 is 10.8 Å². The average Bonchev–Trinajstić information content (AvgIpc) is 3.40. The van der Waals surface area contributed by atoms with Gasteiger partial charge in [0.15, 0.2) is 23.0 Å². The molecule has 10 heteroatoms. The summed E-state index contributed by atoms with van der Waals surface area (Å²) in [7, 11) is 3.08. The van der Waals surface area contributed by atoms with Gasteiger partial charge in [-0.2, -0.15) is 5.10 Å². The van der Waals surface area contributed by atoms with Crippen molar-refractivity contribution in [2.45, 2.75) is 6.42 Å². The Kier molecular flexibility index (Phi) is 4.67. The molecule has 0 bridgehead atoms. The van der Waals surface area contributed by atoms with Gasteiger partial charge >= 0.3 is 0 Å². The monoisotopic (exact) mass is 399 g/mol. The van der Waals surface area contributed by atoms with Gasteiger partial charge in [-0.05, 0) is 18.2 Å². The lowest BCUT2D eigenvalue weighted by molar-refractivity contribution is -0.385. The summed E-state index contributed by atoms with van der Waals surface area (Å²) in [5, 5.41) is 17.0. The predicted molar refractivity (Wildman–Crippen MR) is 101 cm³/mol. The molecule has 4 rings (SSSR count). The van der Waals surface area contributed by atoms with Gasteiger partial charge in [-0.25, -0.2) is 5.01 Å². The number of rotatable bonds is 5. The molecule has 0 spiro atoms. The van der Waals surface area contributed by atoms with Crippen LogP contribution in [0.4, 0.5) is 5.69 Å². The molecular formula is C19H17N3O7. The molecule has 0 aromatic heterocycles. The lowest BCUT2D eigenvalue weighted by Gasteiger charge is -2.12. The van der Waals surface area contributed by atoms with Gasteiger partial charge in [0, 0.05) is 18.1 Å². The molecule has 0 radical (unpaired) electrons. The fraction of sp³-hybridized carbons (Fsp3) is 0.263. The molecule has 10 nitrogen and oxygen atoms in total. The Morgan fingerprint density at radius 1 is 1.14 bits per heavy atom. The van der Waals surface area contributed by atoms with Crippen LogP contribution in [-0.4, -0.2) is 49.1 Å². The number of carbonyl (C=O) groups is 1. The molecule has 0 atom stereocenters. The van der Waals surface area contributed by atoms with E-state index in [1.807, 2.05) is 6.07 Å². The second kappa shape index (κ2) is 7.30. The molecule has 2 aliphatic rings. The molecule has 2 heterocycles. The van der Waals surface area contributed by atoms with Gasteiger partial charge in [0.1, 0.15) is 5.56 Å². The van der Waals surface area contributed by atoms with Crippen LogP contribution >= 0.6 is 0 Å². The molecule has 0 fully saturated rings. The summed E-state index contributed by atoms with van der Waals surface area (Å²) >= 11 is 0. The molecule has 0 unspecified atom stereocenters. The summed E-state index contributed by atoms with van der Waals surface area (Å²) in [6.45, 7) is 0.254. The minimum absolute atomic E-state index is 0.0462. The van der Waals surface area contributed by atoms with Crippen molar-refractivity contribution in [2.75, 3.05) is 27.6 Å². The Hall–Kier alpha value is -3.82. The summed E-state index contributed by atoms with van der Waals surface area (Å²) in [6, 6.07) is 7.87. The van der Waals surface area contributed by atoms with Crippen molar-refractivity contribution < 1.29 is 28.7 Å². The van der Waals surface area contributed by atoms with Crippen molar-refractivity contribution in [3.63, 3.8) is 0 Å². The summed E-state index contributed by atoms with van der Waals surface area (Å²) < 4.78 is 20.9. The van der Waals surface area contributed by atoms with Gasteiger partial charge in [-0.15, -0.1) is 0 Å². The third-order valence-electron chi connectivity index (χ3n) is 4.67. The van der Waals surface area contributed by atoms with Crippen LogP contribution in [0.2, 0.25) is 0 Å². The Bertz CT molecular complexity index is 1030. The van der Waals surface area contributed by atoms with Crippen LogP contribution in [0.1, 0.15) is 22.3 Å². The molecule has 29 heavy (non-hydrogen) atoms. The summed E-state index contributed by atoms with van der Waals surface area (Å²) in [5.74, 6) is 1.08. The maximum absolute atomic E-state index is 12.9. The van der Waals surface area contributed by atoms with E-state index in [2.05, 4.69) is 5.10 Å². The van der Waals surface area contributed by atoms with Gasteiger partial charge in [-0.3, -0.25) is 14.9 Å². The maximum Gasteiger partial charge on any atom is 0.286 e. The van der Waals surface area contributed by atoms with Crippen LogP contribution in [0.5, 0.6) is 23.0 Å². The number of hydrogen-bond donors (Lipinski definition) is 0. The van der Waals surface area contributed by atoms with Crippen molar-refractivity contribution in [1.82, 2.24) is 5.01 Å². The van der Waals surface area contributed by atoms with E-state index in [-0.39, 0.29) is 23.8 Å². The highest BCUT2D eigenvalue weighted by atomic mass is 16.7. The molecule has 2 aliphatic heterocycles. The average molecular weight is 399 g/mol. The highest BCUT2D eigenvalue weighted by molar-refractivity contribution is 6.06. The maximum atomic E-state index is 12.9. The normalized spacial score (nSPS) is 14.6. The number of nitro benzene ring substituents is 1.